The highest BCUT2D eigenvalue weighted by molar-refractivity contribution is 8.01. The quantitative estimate of drug-likeness (QED) is 0.472. The summed E-state index contributed by atoms with van der Waals surface area (Å²) < 4.78 is 5.76. The van der Waals surface area contributed by atoms with E-state index < -0.39 is 0 Å². The summed E-state index contributed by atoms with van der Waals surface area (Å²) in [5, 5.41) is 9.09. The van der Waals surface area contributed by atoms with E-state index in [0.29, 0.717) is 0 Å². The molecule has 0 fully saturated rings. The van der Waals surface area contributed by atoms with Gasteiger partial charge in [0.15, 0.2) is 15.0 Å². The van der Waals surface area contributed by atoms with Crippen LogP contribution in [-0.4, -0.2) is 32.4 Å². The number of benzene rings is 1. The number of quaternary nitrogens is 1. The largest absolute Gasteiger partial charge is 0.315 e. The Bertz CT molecular complexity index is 853. The second kappa shape index (κ2) is 8.75. The number of aromatic nitrogens is 4. The predicted octanol–water partition coefficient (Wildman–Crippen LogP) is 3.03. The molecular formula is C17H22N5S3+. The lowest BCUT2D eigenvalue weighted by molar-refractivity contribution is -0.917. The van der Waals surface area contributed by atoms with E-state index in [0.717, 1.165) is 39.4 Å². The Morgan fingerprint density at radius 2 is 2.08 bits per heavy atom. The van der Waals surface area contributed by atoms with Crippen LogP contribution in [0, 0.1) is 3.95 Å². The number of hydrogen-bond acceptors (Lipinski definition) is 5. The van der Waals surface area contributed by atoms with E-state index in [4.69, 9.17) is 12.2 Å². The maximum Gasteiger partial charge on any atom is 0.185 e. The number of nitrogens with one attached hydrogen (secondary N) is 1. The molecule has 0 amide bonds. The molecule has 1 unspecified atom stereocenters. The Balaban J connectivity index is 1.61. The molecule has 0 aliphatic heterocycles. The Kier molecular flexibility index (Phi) is 6.41. The van der Waals surface area contributed by atoms with Crippen molar-refractivity contribution in [2.45, 2.75) is 30.9 Å². The zero-order valence-electron chi connectivity index (χ0n) is 14.4. The van der Waals surface area contributed by atoms with Crippen molar-refractivity contribution < 1.29 is 4.90 Å². The van der Waals surface area contributed by atoms with E-state index in [1.165, 1.54) is 10.5 Å². The van der Waals surface area contributed by atoms with Crippen LogP contribution in [0.3, 0.4) is 0 Å². The second-order valence-corrected chi connectivity index (χ2v) is 8.87. The maximum absolute atomic E-state index is 5.45. The van der Waals surface area contributed by atoms with Crippen LogP contribution in [0.15, 0.2) is 47.1 Å². The summed E-state index contributed by atoms with van der Waals surface area (Å²) in [6, 6.07) is 10.2. The predicted molar refractivity (Wildman–Crippen MR) is 106 cm³/mol. The highest BCUT2D eigenvalue weighted by Gasteiger charge is 2.11. The van der Waals surface area contributed by atoms with Crippen molar-refractivity contribution in [2.24, 2.45) is 0 Å². The van der Waals surface area contributed by atoms with Gasteiger partial charge in [-0.15, -0.1) is 5.10 Å². The van der Waals surface area contributed by atoms with Crippen LogP contribution in [0.5, 0.6) is 0 Å². The maximum atomic E-state index is 5.45. The van der Waals surface area contributed by atoms with Crippen LogP contribution in [0.25, 0.3) is 5.69 Å². The molecule has 0 aliphatic rings. The molecule has 1 aromatic carbocycles. The van der Waals surface area contributed by atoms with Gasteiger partial charge in [-0.2, -0.15) is 9.78 Å². The summed E-state index contributed by atoms with van der Waals surface area (Å²) in [7, 11) is 2.15. The zero-order valence-corrected chi connectivity index (χ0v) is 16.8. The zero-order chi connectivity index (χ0) is 17.6. The first kappa shape index (κ1) is 18.3. The molecule has 0 radical (unpaired) electrons. The number of rotatable bonds is 8. The van der Waals surface area contributed by atoms with Gasteiger partial charge in [0.2, 0.25) is 0 Å². The van der Waals surface area contributed by atoms with Gasteiger partial charge in [-0.25, -0.2) is 4.68 Å². The minimum Gasteiger partial charge on any atom is -0.315 e. The molecule has 0 spiro atoms. The molecule has 2 heterocycles. The smallest absolute Gasteiger partial charge is 0.185 e. The highest BCUT2D eigenvalue weighted by Crippen LogP contribution is 2.22. The van der Waals surface area contributed by atoms with Gasteiger partial charge in [0.05, 0.1) is 18.9 Å². The molecule has 3 rings (SSSR count). The molecule has 2 aromatic heterocycles. The van der Waals surface area contributed by atoms with Crippen molar-refractivity contribution in [3.8, 4) is 5.69 Å². The first-order valence-electron chi connectivity index (χ1n) is 8.26. The summed E-state index contributed by atoms with van der Waals surface area (Å²) in [5.74, 6) is 1.09. The van der Waals surface area contributed by atoms with Gasteiger partial charge in [0.25, 0.3) is 0 Å². The van der Waals surface area contributed by atoms with Crippen molar-refractivity contribution in [1.82, 2.24) is 19.6 Å². The van der Waals surface area contributed by atoms with Crippen molar-refractivity contribution in [2.75, 3.05) is 12.8 Å². The van der Waals surface area contributed by atoms with Crippen molar-refractivity contribution in [3.63, 3.8) is 0 Å². The summed E-state index contributed by atoms with van der Waals surface area (Å²) in [6.07, 6.45) is 5.16. The molecule has 0 saturated carbocycles. The SMILES string of the molecule is CCCSc1nn(C[NH+](C)Cc2cnn(-c3ccccc3)c2)c(=S)s1. The molecule has 25 heavy (non-hydrogen) atoms. The van der Waals surface area contributed by atoms with E-state index in [2.05, 4.69) is 42.5 Å². The number of nitrogens with zero attached hydrogens (tertiary/aromatic N) is 4. The average molecular weight is 393 g/mol. The number of hydrogen-bond donors (Lipinski definition) is 1. The molecule has 0 saturated heterocycles. The van der Waals surface area contributed by atoms with Crippen molar-refractivity contribution >= 4 is 35.3 Å². The van der Waals surface area contributed by atoms with Crippen LogP contribution < -0.4 is 4.90 Å². The van der Waals surface area contributed by atoms with Gasteiger partial charge in [0.1, 0.15) is 6.54 Å². The van der Waals surface area contributed by atoms with E-state index in [9.17, 15) is 0 Å². The van der Waals surface area contributed by atoms with Crippen LogP contribution in [0.2, 0.25) is 0 Å². The third kappa shape index (κ3) is 5.01. The van der Waals surface area contributed by atoms with Crippen LogP contribution in [-0.2, 0) is 13.2 Å². The van der Waals surface area contributed by atoms with Gasteiger partial charge >= 0.3 is 0 Å². The van der Waals surface area contributed by atoms with Gasteiger partial charge in [-0.1, -0.05) is 48.2 Å². The van der Waals surface area contributed by atoms with Crippen LogP contribution >= 0.6 is 35.3 Å². The molecule has 1 atom stereocenters. The summed E-state index contributed by atoms with van der Waals surface area (Å²) >= 11 is 8.84. The van der Waals surface area contributed by atoms with E-state index >= 15 is 0 Å². The summed E-state index contributed by atoms with van der Waals surface area (Å²) in [6.45, 7) is 3.82. The van der Waals surface area contributed by atoms with Gasteiger partial charge in [-0.05, 0) is 30.8 Å². The number of para-hydroxylation sites is 1. The summed E-state index contributed by atoms with van der Waals surface area (Å²) in [5.41, 5.74) is 2.27. The van der Waals surface area contributed by atoms with Gasteiger partial charge in [-0.3, -0.25) is 0 Å². The standard InChI is InChI=1S/C17H21N5S3/c1-3-9-24-16-19-22(17(23)25-16)13-20(2)11-14-10-18-21(12-14)15-7-5-4-6-8-15/h4-8,10,12H,3,9,11,13H2,1-2H3/p+1. The molecule has 8 heteroatoms. The molecule has 5 nitrogen and oxygen atoms in total. The molecule has 1 N–H and O–H groups in total. The summed E-state index contributed by atoms with van der Waals surface area (Å²) in [4.78, 5) is 1.32. The molecule has 3 aromatic rings. The molecule has 0 bridgehead atoms. The fraction of sp³-hybridized carbons (Fsp3) is 0.353. The lowest BCUT2D eigenvalue weighted by Gasteiger charge is -2.12. The number of thioether (sulfide) groups is 1. The Labute approximate surface area is 161 Å². The minimum atomic E-state index is 0.762. The Hall–Kier alpha value is -1.48. The third-order valence-electron chi connectivity index (χ3n) is 3.60. The highest BCUT2D eigenvalue weighted by atomic mass is 32.2. The van der Waals surface area contributed by atoms with E-state index in [1.807, 2.05) is 33.8 Å². The van der Waals surface area contributed by atoms with Crippen molar-refractivity contribution in [1.29, 1.82) is 0 Å². The first-order chi connectivity index (χ1) is 12.2. The lowest BCUT2D eigenvalue weighted by atomic mass is 10.3. The minimum absolute atomic E-state index is 0.762. The average Bonchev–Trinajstić information content (AvgIpc) is 3.21. The van der Waals surface area contributed by atoms with E-state index in [-0.39, 0.29) is 0 Å². The van der Waals surface area contributed by atoms with Crippen LogP contribution in [0.4, 0.5) is 0 Å². The van der Waals surface area contributed by atoms with E-state index in [1.54, 1.807) is 23.1 Å². The van der Waals surface area contributed by atoms with Gasteiger partial charge < -0.3 is 4.90 Å². The van der Waals surface area contributed by atoms with Gasteiger partial charge in [0, 0.05) is 17.5 Å². The second-order valence-electron chi connectivity index (χ2n) is 5.90. The molecular weight excluding hydrogens is 370 g/mol. The fourth-order valence-electron chi connectivity index (χ4n) is 2.47. The van der Waals surface area contributed by atoms with Crippen molar-refractivity contribution in [3.05, 3.63) is 52.2 Å². The van der Waals surface area contributed by atoms with Crippen LogP contribution in [0.1, 0.15) is 18.9 Å². The molecule has 0 aliphatic carbocycles. The normalized spacial score (nSPS) is 12.4. The monoisotopic (exact) mass is 392 g/mol. The lowest BCUT2D eigenvalue weighted by Crippen LogP contribution is -3.06. The fourth-order valence-corrected chi connectivity index (χ4v) is 4.73. The Morgan fingerprint density at radius 1 is 1.28 bits per heavy atom. The third-order valence-corrected chi connectivity index (χ3v) is 6.25. The first-order valence-corrected chi connectivity index (χ1v) is 10.5. The molecule has 132 valence electrons. The topological polar surface area (TPSA) is 40.1 Å². The Morgan fingerprint density at radius 3 is 2.84 bits per heavy atom.